The van der Waals surface area contributed by atoms with Gasteiger partial charge in [-0.15, -0.1) is 0 Å². The summed E-state index contributed by atoms with van der Waals surface area (Å²) in [7, 11) is 0. The van der Waals surface area contributed by atoms with Gasteiger partial charge in [-0.2, -0.15) is 0 Å². The van der Waals surface area contributed by atoms with Gasteiger partial charge in [0.1, 0.15) is 21.5 Å². The Balaban J connectivity index is 0.000000256. The maximum atomic E-state index is 12.7. The molecule has 3 amide bonds. The average Bonchev–Trinajstić information content (AvgIpc) is 2.95. The van der Waals surface area contributed by atoms with Crippen molar-refractivity contribution in [3.63, 3.8) is 0 Å². The molecule has 0 bridgehead atoms. The molecule has 0 spiro atoms. The van der Waals surface area contributed by atoms with Crippen LogP contribution in [0.3, 0.4) is 0 Å². The fourth-order valence-corrected chi connectivity index (χ4v) is 5.91. The second-order valence-electron chi connectivity index (χ2n) is 13.6. The van der Waals surface area contributed by atoms with Crippen molar-refractivity contribution >= 4 is 73.2 Å². The summed E-state index contributed by atoms with van der Waals surface area (Å²) in [5.74, 6) is -0.129. The molecule has 0 unspecified atom stereocenters. The van der Waals surface area contributed by atoms with Gasteiger partial charge in [0, 0.05) is 70.3 Å². The molecule has 2 aliphatic rings. The van der Waals surface area contributed by atoms with E-state index in [1.165, 1.54) is 6.20 Å². The number of ether oxygens (including phenoxy) is 2. The Labute approximate surface area is 304 Å². The molecule has 2 fully saturated rings. The Morgan fingerprint density at radius 2 is 1.28 bits per heavy atom. The van der Waals surface area contributed by atoms with Crippen molar-refractivity contribution in [2.24, 2.45) is 0 Å². The Hall–Kier alpha value is -2.19. The highest BCUT2D eigenvalue weighted by molar-refractivity contribution is 9.10. The third kappa shape index (κ3) is 12.0. The van der Waals surface area contributed by atoms with Gasteiger partial charge in [-0.3, -0.25) is 9.69 Å². The fourth-order valence-electron chi connectivity index (χ4n) is 4.96. The van der Waals surface area contributed by atoms with E-state index in [0.717, 1.165) is 23.1 Å². The summed E-state index contributed by atoms with van der Waals surface area (Å²) in [4.78, 5) is 52.6. The van der Waals surface area contributed by atoms with E-state index < -0.39 is 11.2 Å². The third-order valence-corrected chi connectivity index (χ3v) is 9.51. The van der Waals surface area contributed by atoms with Crippen LogP contribution < -0.4 is 0 Å². The molecule has 4 rings (SSSR count). The van der Waals surface area contributed by atoms with Crippen molar-refractivity contribution in [2.45, 2.75) is 85.2 Å². The van der Waals surface area contributed by atoms with Crippen LogP contribution in [0.2, 0.25) is 10.3 Å². The summed E-state index contributed by atoms with van der Waals surface area (Å²) in [5, 5.41) is 0.783. The lowest BCUT2D eigenvalue weighted by Gasteiger charge is -2.40. The minimum absolute atomic E-state index is 0.117. The van der Waals surface area contributed by atoms with E-state index in [2.05, 4.69) is 53.7 Å². The fraction of sp³-hybridized carbons (Fsp3) is 0.594. The molecule has 0 radical (unpaired) electrons. The molecular formula is C32H44Br2Cl2N6O5. The third-order valence-electron chi connectivity index (χ3n) is 7.24. The van der Waals surface area contributed by atoms with E-state index in [1.54, 1.807) is 27.0 Å². The highest BCUT2D eigenvalue weighted by Gasteiger charge is 2.33. The van der Waals surface area contributed by atoms with Gasteiger partial charge in [0.25, 0.3) is 5.91 Å². The van der Waals surface area contributed by atoms with Crippen molar-refractivity contribution in [3.8, 4) is 0 Å². The summed E-state index contributed by atoms with van der Waals surface area (Å²) in [6, 6.07) is 3.78. The number of hydrogen-bond donors (Lipinski definition) is 0. The number of aromatic nitrogens is 2. The van der Waals surface area contributed by atoms with Gasteiger partial charge in [0.2, 0.25) is 0 Å². The lowest BCUT2D eigenvalue weighted by Crippen LogP contribution is -2.56. The minimum Gasteiger partial charge on any atom is -0.444 e. The first-order valence-corrected chi connectivity index (χ1v) is 17.7. The van der Waals surface area contributed by atoms with Crippen LogP contribution in [0, 0.1) is 0 Å². The maximum Gasteiger partial charge on any atom is 0.410 e. The summed E-state index contributed by atoms with van der Waals surface area (Å²) in [6.45, 7) is 19.4. The first kappa shape index (κ1) is 39.3. The molecule has 11 nitrogen and oxygen atoms in total. The topological polar surface area (TPSA) is 108 Å². The zero-order chi connectivity index (χ0) is 35.3. The van der Waals surface area contributed by atoms with Crippen LogP contribution in [0.4, 0.5) is 9.59 Å². The van der Waals surface area contributed by atoms with E-state index in [1.807, 2.05) is 54.5 Å². The molecular weight excluding hydrogens is 779 g/mol. The van der Waals surface area contributed by atoms with Gasteiger partial charge in [-0.05, 0) is 105 Å². The zero-order valence-electron chi connectivity index (χ0n) is 28.2. The zero-order valence-corrected chi connectivity index (χ0v) is 32.8. The van der Waals surface area contributed by atoms with E-state index in [4.69, 9.17) is 32.7 Å². The second-order valence-corrected chi connectivity index (χ2v) is 16.1. The Morgan fingerprint density at radius 1 is 0.787 bits per heavy atom. The molecule has 15 heteroatoms. The molecule has 0 aliphatic carbocycles. The highest BCUT2D eigenvalue weighted by Crippen LogP contribution is 2.24. The highest BCUT2D eigenvalue weighted by atomic mass is 79.9. The van der Waals surface area contributed by atoms with Gasteiger partial charge >= 0.3 is 12.2 Å². The van der Waals surface area contributed by atoms with Crippen molar-refractivity contribution < 1.29 is 23.9 Å². The number of piperazine rings is 2. The van der Waals surface area contributed by atoms with Crippen LogP contribution in [0.1, 0.15) is 71.3 Å². The first-order valence-electron chi connectivity index (χ1n) is 15.4. The number of amides is 3. The molecule has 2 saturated heterocycles. The van der Waals surface area contributed by atoms with Crippen LogP contribution in [0.15, 0.2) is 33.5 Å². The number of carbonyl (C=O) groups excluding carboxylic acids is 3. The molecule has 0 N–H and O–H groups in total. The Kier molecular flexibility index (Phi) is 13.8. The number of carbonyl (C=O) groups is 3. The number of hydrogen-bond acceptors (Lipinski definition) is 8. The normalized spacial score (nSPS) is 19.1. The van der Waals surface area contributed by atoms with Gasteiger partial charge in [-0.1, -0.05) is 23.2 Å². The smallest absolute Gasteiger partial charge is 0.410 e. The van der Waals surface area contributed by atoms with Gasteiger partial charge in [0.05, 0.1) is 14.5 Å². The number of rotatable bonds is 3. The standard InChI is InChI=1S/C16H21BrClN3O3.C16H23BrClN3O2/c1-10-9-20(15(23)24-16(2,3)4)5-6-21(10)14(22)11-7-12(17)13(18)19-8-11;1-11-9-21(15(22)23-16(2,3)4)6-5-20(11)10-12-7-13(17)14(18)19-8-12/h7-8,10H,5-6,9H2,1-4H3;7-8,11H,5-6,9-10H2,1-4H3/t10-;11-/m00/s1. The van der Waals surface area contributed by atoms with Crippen molar-refractivity contribution in [2.75, 3.05) is 39.3 Å². The molecule has 4 heterocycles. The van der Waals surface area contributed by atoms with Gasteiger partial charge < -0.3 is 24.2 Å². The lowest BCUT2D eigenvalue weighted by atomic mass is 10.1. The minimum atomic E-state index is -0.533. The largest absolute Gasteiger partial charge is 0.444 e. The quantitative estimate of drug-likeness (QED) is 0.293. The molecule has 47 heavy (non-hydrogen) atoms. The van der Waals surface area contributed by atoms with Crippen molar-refractivity contribution in [3.05, 3.63) is 54.9 Å². The van der Waals surface area contributed by atoms with E-state index in [0.29, 0.717) is 53.1 Å². The van der Waals surface area contributed by atoms with Gasteiger partial charge in [-0.25, -0.2) is 19.6 Å². The van der Waals surface area contributed by atoms with E-state index >= 15 is 0 Å². The summed E-state index contributed by atoms with van der Waals surface area (Å²) in [6.07, 6.45) is 2.67. The molecule has 260 valence electrons. The predicted molar refractivity (Wildman–Crippen MR) is 190 cm³/mol. The summed E-state index contributed by atoms with van der Waals surface area (Å²) < 4.78 is 12.2. The summed E-state index contributed by atoms with van der Waals surface area (Å²) >= 11 is 18.5. The monoisotopic (exact) mass is 820 g/mol. The summed E-state index contributed by atoms with van der Waals surface area (Å²) in [5.41, 5.74) is 0.565. The number of nitrogens with zero attached hydrogens (tertiary/aromatic N) is 6. The number of halogens is 4. The van der Waals surface area contributed by atoms with Crippen molar-refractivity contribution in [1.82, 2.24) is 29.6 Å². The second kappa shape index (κ2) is 16.5. The maximum absolute atomic E-state index is 12.7. The van der Waals surface area contributed by atoms with Gasteiger partial charge in [0.15, 0.2) is 0 Å². The Morgan fingerprint density at radius 3 is 1.74 bits per heavy atom. The number of pyridine rings is 2. The molecule has 2 aromatic heterocycles. The van der Waals surface area contributed by atoms with Crippen LogP contribution in [-0.2, 0) is 16.0 Å². The van der Waals surface area contributed by atoms with Crippen LogP contribution in [-0.4, -0.2) is 110 Å². The Bertz CT molecular complexity index is 1440. The van der Waals surface area contributed by atoms with E-state index in [-0.39, 0.29) is 30.2 Å². The molecule has 2 aromatic rings. The molecule has 2 aliphatic heterocycles. The molecule has 2 atom stereocenters. The predicted octanol–water partition coefficient (Wildman–Crippen LogP) is 7.52. The van der Waals surface area contributed by atoms with Crippen LogP contribution in [0.5, 0.6) is 0 Å². The van der Waals surface area contributed by atoms with Crippen LogP contribution in [0.25, 0.3) is 0 Å². The first-order chi connectivity index (χ1) is 21.7. The van der Waals surface area contributed by atoms with Crippen LogP contribution >= 0.6 is 55.1 Å². The molecule has 0 saturated carbocycles. The SMILES string of the molecule is C[C@H]1CN(C(=O)OC(C)(C)C)CCN1C(=O)c1cnc(Cl)c(Br)c1.C[C@H]1CN(C(=O)OC(C)(C)C)CCN1Cc1cnc(Cl)c(Br)c1. The lowest BCUT2D eigenvalue weighted by molar-refractivity contribution is 0.00445. The molecule has 0 aromatic carbocycles. The average molecular weight is 823 g/mol. The van der Waals surface area contributed by atoms with E-state index in [9.17, 15) is 14.4 Å². The van der Waals surface area contributed by atoms with Crippen molar-refractivity contribution in [1.29, 1.82) is 0 Å².